The fraction of sp³-hybridized carbons (Fsp3) is 0.353. The molecule has 1 atom stereocenters. The minimum absolute atomic E-state index is 0.0708. The van der Waals surface area contributed by atoms with E-state index in [0.29, 0.717) is 10.6 Å². The number of hydrogen-bond acceptors (Lipinski definition) is 4. The van der Waals surface area contributed by atoms with Crippen LogP contribution in [0.3, 0.4) is 0 Å². The highest BCUT2D eigenvalue weighted by atomic mass is 35.5. The topological polar surface area (TPSA) is 104 Å². The number of nitrogens with zero attached hydrogens (tertiary/aromatic N) is 1. The van der Waals surface area contributed by atoms with E-state index >= 15 is 0 Å². The minimum atomic E-state index is -1.19. The second-order valence-electron chi connectivity index (χ2n) is 6.65. The first kappa shape index (κ1) is 18.8. The maximum absolute atomic E-state index is 12.0. The Bertz CT molecular complexity index is 778. The Kier molecular flexibility index (Phi) is 5.37. The maximum Gasteiger partial charge on any atom is 0.341 e. The standard InChI is InChI=1S/C17H20ClN3O4/c1-9(19-16(24)20-17(2,3)4)14-12(15(22)23)13(21-25-14)10-5-7-11(18)8-6-10/h5-9H,1-4H3,(H,22,23)(H2,19,20,24)/t9-/m1/s1. The van der Waals surface area contributed by atoms with E-state index in [-0.39, 0.29) is 17.0 Å². The number of carbonyl (C=O) groups excluding carboxylic acids is 1. The molecule has 0 aliphatic heterocycles. The van der Waals surface area contributed by atoms with Crippen molar-refractivity contribution in [1.29, 1.82) is 0 Å². The molecule has 0 radical (unpaired) electrons. The Balaban J connectivity index is 2.31. The van der Waals surface area contributed by atoms with Crippen molar-refractivity contribution in [2.75, 3.05) is 0 Å². The molecule has 7 nitrogen and oxygen atoms in total. The van der Waals surface area contributed by atoms with Gasteiger partial charge >= 0.3 is 12.0 Å². The van der Waals surface area contributed by atoms with E-state index in [1.54, 1.807) is 31.2 Å². The van der Waals surface area contributed by atoms with Crippen LogP contribution in [0.1, 0.15) is 49.9 Å². The quantitative estimate of drug-likeness (QED) is 0.763. The molecule has 0 saturated heterocycles. The third-order valence-corrected chi connectivity index (χ3v) is 3.53. The summed E-state index contributed by atoms with van der Waals surface area (Å²) in [6.07, 6.45) is 0. The molecule has 2 amide bonds. The highest BCUT2D eigenvalue weighted by molar-refractivity contribution is 6.30. The summed E-state index contributed by atoms with van der Waals surface area (Å²) in [5.74, 6) is -1.12. The molecule has 0 fully saturated rings. The average molecular weight is 366 g/mol. The van der Waals surface area contributed by atoms with E-state index in [1.165, 1.54) is 0 Å². The molecule has 1 aromatic carbocycles. The largest absolute Gasteiger partial charge is 0.477 e. The lowest BCUT2D eigenvalue weighted by Gasteiger charge is -2.22. The zero-order valence-corrected chi connectivity index (χ0v) is 15.1. The second kappa shape index (κ2) is 7.14. The number of halogens is 1. The lowest BCUT2D eigenvalue weighted by molar-refractivity contribution is 0.0693. The summed E-state index contributed by atoms with van der Waals surface area (Å²) in [5, 5.41) is 19.4. The van der Waals surface area contributed by atoms with Crippen molar-refractivity contribution in [2.45, 2.75) is 39.3 Å². The number of aromatic carboxylic acids is 1. The van der Waals surface area contributed by atoms with Crippen LogP contribution in [0.5, 0.6) is 0 Å². The lowest BCUT2D eigenvalue weighted by atomic mass is 10.0. The van der Waals surface area contributed by atoms with E-state index < -0.39 is 23.6 Å². The fourth-order valence-corrected chi connectivity index (χ4v) is 2.37. The zero-order chi connectivity index (χ0) is 18.8. The van der Waals surface area contributed by atoms with Crippen LogP contribution in [0.25, 0.3) is 11.3 Å². The van der Waals surface area contributed by atoms with Crippen molar-refractivity contribution in [1.82, 2.24) is 15.8 Å². The summed E-state index contributed by atoms with van der Waals surface area (Å²) in [6.45, 7) is 7.15. The number of aromatic nitrogens is 1. The Morgan fingerprint density at radius 1 is 1.24 bits per heavy atom. The molecule has 2 rings (SSSR count). The Hall–Kier alpha value is -2.54. The van der Waals surface area contributed by atoms with Gasteiger partial charge in [-0.25, -0.2) is 9.59 Å². The molecule has 0 bridgehead atoms. The molecule has 134 valence electrons. The first-order valence-electron chi connectivity index (χ1n) is 7.66. The molecule has 2 aromatic rings. The van der Waals surface area contributed by atoms with Crippen LogP contribution in [0, 0.1) is 0 Å². The van der Waals surface area contributed by atoms with Gasteiger partial charge in [0.25, 0.3) is 0 Å². The molecule has 0 aliphatic rings. The van der Waals surface area contributed by atoms with Crippen molar-refractivity contribution in [3.8, 4) is 11.3 Å². The highest BCUT2D eigenvalue weighted by Gasteiger charge is 2.28. The Morgan fingerprint density at radius 2 is 1.84 bits per heavy atom. The molecule has 0 saturated carbocycles. The number of benzene rings is 1. The number of rotatable bonds is 4. The molecule has 0 spiro atoms. The van der Waals surface area contributed by atoms with E-state index in [2.05, 4.69) is 15.8 Å². The molecule has 3 N–H and O–H groups in total. The molecule has 1 heterocycles. The summed E-state index contributed by atoms with van der Waals surface area (Å²) in [5.41, 5.74) is 0.230. The van der Waals surface area contributed by atoms with Crippen LogP contribution >= 0.6 is 11.6 Å². The summed E-state index contributed by atoms with van der Waals surface area (Å²) in [4.78, 5) is 23.7. The molecule has 0 aliphatic carbocycles. The maximum atomic E-state index is 12.0. The van der Waals surface area contributed by atoms with Gasteiger partial charge in [0.15, 0.2) is 5.76 Å². The zero-order valence-electron chi connectivity index (χ0n) is 14.4. The van der Waals surface area contributed by atoms with Crippen LogP contribution in [-0.4, -0.2) is 27.8 Å². The van der Waals surface area contributed by atoms with Crippen LogP contribution in [0.15, 0.2) is 28.8 Å². The van der Waals surface area contributed by atoms with E-state index in [4.69, 9.17) is 16.1 Å². The van der Waals surface area contributed by atoms with Gasteiger partial charge in [-0.1, -0.05) is 28.9 Å². The number of urea groups is 1. The monoisotopic (exact) mass is 365 g/mol. The first-order valence-corrected chi connectivity index (χ1v) is 8.04. The molecular formula is C17H20ClN3O4. The predicted octanol–water partition coefficient (Wildman–Crippen LogP) is 3.85. The van der Waals surface area contributed by atoms with Gasteiger partial charge in [-0.15, -0.1) is 0 Å². The molecule has 25 heavy (non-hydrogen) atoms. The smallest absolute Gasteiger partial charge is 0.341 e. The van der Waals surface area contributed by atoms with E-state index in [1.807, 2.05) is 20.8 Å². The average Bonchev–Trinajstić information content (AvgIpc) is 2.91. The molecule has 0 unspecified atom stereocenters. The van der Waals surface area contributed by atoms with Gasteiger partial charge in [0.1, 0.15) is 11.3 Å². The number of nitrogens with one attached hydrogen (secondary N) is 2. The van der Waals surface area contributed by atoms with Gasteiger partial charge in [-0.3, -0.25) is 0 Å². The van der Waals surface area contributed by atoms with Gasteiger partial charge < -0.3 is 20.3 Å². The third kappa shape index (κ3) is 4.73. The van der Waals surface area contributed by atoms with Crippen LogP contribution in [0.4, 0.5) is 4.79 Å². The summed E-state index contributed by atoms with van der Waals surface area (Å²) >= 11 is 5.85. The number of carboxylic acids is 1. The lowest BCUT2D eigenvalue weighted by Crippen LogP contribution is -2.47. The van der Waals surface area contributed by atoms with E-state index in [9.17, 15) is 14.7 Å². The van der Waals surface area contributed by atoms with Gasteiger partial charge in [0.2, 0.25) is 0 Å². The predicted molar refractivity (Wildman–Crippen MR) is 93.7 cm³/mol. The summed E-state index contributed by atoms with van der Waals surface area (Å²) < 4.78 is 5.23. The Morgan fingerprint density at radius 3 is 2.36 bits per heavy atom. The van der Waals surface area contributed by atoms with Crippen molar-refractivity contribution < 1.29 is 19.2 Å². The molecular weight excluding hydrogens is 346 g/mol. The van der Waals surface area contributed by atoms with Crippen LogP contribution in [0.2, 0.25) is 5.02 Å². The van der Waals surface area contributed by atoms with Crippen LogP contribution < -0.4 is 10.6 Å². The fourth-order valence-electron chi connectivity index (χ4n) is 2.25. The Labute approximate surface area is 150 Å². The first-order chi connectivity index (χ1) is 11.6. The number of carboxylic acid groups (broad SMARTS) is 1. The van der Waals surface area contributed by atoms with Gasteiger partial charge in [-0.2, -0.15) is 0 Å². The summed E-state index contributed by atoms with van der Waals surface area (Å²) in [6, 6.07) is 5.47. The van der Waals surface area contributed by atoms with Crippen molar-refractivity contribution >= 4 is 23.6 Å². The molecule has 1 aromatic heterocycles. The van der Waals surface area contributed by atoms with Gasteiger partial charge in [0.05, 0.1) is 6.04 Å². The minimum Gasteiger partial charge on any atom is -0.477 e. The normalized spacial score (nSPS) is 12.5. The van der Waals surface area contributed by atoms with E-state index in [0.717, 1.165) is 0 Å². The SMILES string of the molecule is C[C@@H](NC(=O)NC(C)(C)C)c1onc(-c2ccc(Cl)cc2)c1C(=O)O. The number of carbonyl (C=O) groups is 2. The summed E-state index contributed by atoms with van der Waals surface area (Å²) in [7, 11) is 0. The molecule has 8 heteroatoms. The van der Waals surface area contributed by atoms with Gasteiger partial charge in [-0.05, 0) is 39.8 Å². The highest BCUT2D eigenvalue weighted by Crippen LogP contribution is 2.30. The number of amides is 2. The third-order valence-electron chi connectivity index (χ3n) is 3.28. The number of hydrogen-bond donors (Lipinski definition) is 3. The van der Waals surface area contributed by atoms with Crippen molar-refractivity contribution in [3.05, 3.63) is 40.6 Å². The van der Waals surface area contributed by atoms with Gasteiger partial charge in [0, 0.05) is 16.1 Å². The van der Waals surface area contributed by atoms with Crippen LogP contribution in [-0.2, 0) is 0 Å². The second-order valence-corrected chi connectivity index (χ2v) is 7.09. The van der Waals surface area contributed by atoms with Crippen molar-refractivity contribution in [2.24, 2.45) is 0 Å². The van der Waals surface area contributed by atoms with Crippen molar-refractivity contribution in [3.63, 3.8) is 0 Å².